The highest BCUT2D eigenvalue weighted by Gasteiger charge is 2.11. The number of anilines is 1. The number of rotatable bonds is 6. The predicted octanol–water partition coefficient (Wildman–Crippen LogP) is 4.74. The van der Waals surface area contributed by atoms with Gasteiger partial charge >= 0.3 is 6.61 Å². The molecule has 28 heavy (non-hydrogen) atoms. The summed E-state index contributed by atoms with van der Waals surface area (Å²) >= 11 is 0. The molecule has 3 rings (SSSR count). The Bertz CT molecular complexity index is 1010. The van der Waals surface area contributed by atoms with E-state index in [1.807, 2.05) is 32.0 Å². The monoisotopic (exact) mass is 383 g/mol. The topological polar surface area (TPSA) is 56.2 Å². The number of hydrogen-bond acceptors (Lipinski definition) is 3. The summed E-state index contributed by atoms with van der Waals surface area (Å²) in [6.45, 7) is 0.890. The molecule has 1 aromatic heterocycles. The maximum atomic E-state index is 12.5. The summed E-state index contributed by atoms with van der Waals surface area (Å²) in [6.07, 6.45) is 2.70. The van der Waals surface area contributed by atoms with Crippen molar-refractivity contribution >= 4 is 17.7 Å². The van der Waals surface area contributed by atoms with Crippen LogP contribution in [0.25, 0.3) is 11.8 Å². The fourth-order valence-electron chi connectivity index (χ4n) is 2.80. The normalized spacial score (nSPS) is 11.2. The van der Waals surface area contributed by atoms with Crippen LogP contribution in [-0.4, -0.2) is 22.3 Å². The lowest BCUT2D eigenvalue weighted by Gasteiger charge is -2.11. The first-order chi connectivity index (χ1) is 13.4. The van der Waals surface area contributed by atoms with Gasteiger partial charge in [0.25, 0.3) is 0 Å². The highest BCUT2D eigenvalue weighted by atomic mass is 19.3. The van der Waals surface area contributed by atoms with Crippen LogP contribution in [-0.2, 0) is 4.79 Å². The van der Waals surface area contributed by atoms with Crippen LogP contribution >= 0.6 is 0 Å². The van der Waals surface area contributed by atoms with E-state index in [0.29, 0.717) is 11.3 Å². The number of aromatic nitrogens is 2. The fraction of sp³-hybridized carbons (Fsp3) is 0.143. The third kappa shape index (κ3) is 4.62. The first-order valence-electron chi connectivity index (χ1n) is 8.59. The average molecular weight is 383 g/mol. The Morgan fingerprint density at radius 3 is 2.57 bits per heavy atom. The van der Waals surface area contributed by atoms with Crippen LogP contribution < -0.4 is 10.1 Å². The van der Waals surface area contributed by atoms with Gasteiger partial charge < -0.3 is 10.1 Å². The highest BCUT2D eigenvalue weighted by Crippen LogP contribution is 2.23. The molecule has 0 saturated carbocycles. The van der Waals surface area contributed by atoms with Gasteiger partial charge in [0.15, 0.2) is 0 Å². The molecular weight excluding hydrogens is 364 g/mol. The zero-order chi connectivity index (χ0) is 20.1. The summed E-state index contributed by atoms with van der Waals surface area (Å²) in [5, 5.41) is 7.24. The molecule has 144 valence electrons. The number of ether oxygens (including phenoxy) is 1. The molecule has 0 aliphatic rings. The number of para-hydroxylation sites is 3. The molecule has 0 aliphatic heterocycles. The number of carbonyl (C=O) groups is 1. The summed E-state index contributed by atoms with van der Waals surface area (Å²) in [7, 11) is 0. The molecule has 3 aromatic rings. The van der Waals surface area contributed by atoms with Gasteiger partial charge in [-0.05, 0) is 44.2 Å². The molecule has 0 radical (unpaired) electrons. The van der Waals surface area contributed by atoms with Crippen molar-refractivity contribution in [2.75, 3.05) is 5.32 Å². The molecule has 5 nitrogen and oxygen atoms in total. The van der Waals surface area contributed by atoms with E-state index in [9.17, 15) is 13.6 Å². The Kier molecular flexibility index (Phi) is 5.84. The maximum Gasteiger partial charge on any atom is 0.387 e. The largest absolute Gasteiger partial charge is 0.434 e. The fourth-order valence-corrected chi connectivity index (χ4v) is 2.80. The molecule has 1 heterocycles. The minimum Gasteiger partial charge on any atom is -0.434 e. The summed E-state index contributed by atoms with van der Waals surface area (Å²) in [4.78, 5) is 12.4. The Morgan fingerprint density at radius 1 is 1.14 bits per heavy atom. The van der Waals surface area contributed by atoms with Crippen molar-refractivity contribution < 1.29 is 18.3 Å². The molecular formula is C21H19F2N3O2. The third-order valence-corrected chi connectivity index (χ3v) is 3.95. The lowest BCUT2D eigenvalue weighted by molar-refractivity contribution is -0.111. The highest BCUT2D eigenvalue weighted by molar-refractivity contribution is 6.03. The lowest BCUT2D eigenvalue weighted by atomic mass is 10.2. The number of amides is 1. The number of nitrogens with zero attached hydrogens (tertiary/aromatic N) is 2. The van der Waals surface area contributed by atoms with Gasteiger partial charge in [0, 0.05) is 17.3 Å². The van der Waals surface area contributed by atoms with Crippen molar-refractivity contribution in [2.24, 2.45) is 0 Å². The lowest BCUT2D eigenvalue weighted by Crippen LogP contribution is -2.11. The van der Waals surface area contributed by atoms with Crippen molar-refractivity contribution in [3.63, 3.8) is 0 Å². The van der Waals surface area contributed by atoms with Crippen LogP contribution in [0.4, 0.5) is 14.5 Å². The van der Waals surface area contributed by atoms with E-state index in [1.54, 1.807) is 35.0 Å². The van der Waals surface area contributed by atoms with Gasteiger partial charge in [0.2, 0.25) is 5.91 Å². The van der Waals surface area contributed by atoms with E-state index >= 15 is 0 Å². The smallest absolute Gasteiger partial charge is 0.387 e. The zero-order valence-electron chi connectivity index (χ0n) is 15.4. The Labute approximate surface area is 161 Å². The average Bonchev–Trinajstić information content (AvgIpc) is 2.99. The van der Waals surface area contributed by atoms with Crippen LogP contribution in [0.2, 0.25) is 0 Å². The molecule has 0 fully saturated rings. The Hall–Kier alpha value is -3.48. The van der Waals surface area contributed by atoms with E-state index in [1.165, 1.54) is 18.2 Å². The second kappa shape index (κ2) is 8.47. The number of alkyl halides is 2. The van der Waals surface area contributed by atoms with E-state index in [0.717, 1.165) is 17.1 Å². The molecule has 0 atom stereocenters. The van der Waals surface area contributed by atoms with Crippen LogP contribution in [0.1, 0.15) is 17.0 Å². The number of halogens is 2. The second-order valence-corrected chi connectivity index (χ2v) is 6.09. The van der Waals surface area contributed by atoms with Crippen LogP contribution in [0, 0.1) is 13.8 Å². The van der Waals surface area contributed by atoms with Crippen molar-refractivity contribution in [3.05, 3.63) is 77.6 Å². The standard InChI is InChI=1S/C21H19F2N3O2/c1-14-13-15(2)26(25-14)18-9-5-4-8-17(18)24-20(27)12-11-16-7-3-6-10-19(16)28-21(22)23/h3-13,21H,1-2H3,(H,24,27)/b12-11+. The maximum absolute atomic E-state index is 12.5. The van der Waals surface area contributed by atoms with Crippen LogP contribution in [0.3, 0.4) is 0 Å². The minimum atomic E-state index is -2.93. The first-order valence-corrected chi connectivity index (χ1v) is 8.59. The number of aryl methyl sites for hydroxylation is 2. The molecule has 0 aliphatic carbocycles. The van der Waals surface area contributed by atoms with Gasteiger partial charge in [-0.1, -0.05) is 30.3 Å². The molecule has 0 saturated heterocycles. The summed E-state index contributed by atoms with van der Waals surface area (Å²) < 4.78 is 31.2. The van der Waals surface area contributed by atoms with Gasteiger partial charge in [-0.3, -0.25) is 4.79 Å². The number of nitrogens with one attached hydrogen (secondary N) is 1. The molecule has 1 amide bonds. The van der Waals surface area contributed by atoms with Gasteiger partial charge in [-0.25, -0.2) is 4.68 Å². The Morgan fingerprint density at radius 2 is 1.86 bits per heavy atom. The van der Waals surface area contributed by atoms with Crippen molar-refractivity contribution in [1.82, 2.24) is 9.78 Å². The summed E-state index contributed by atoms with van der Waals surface area (Å²) in [6, 6.07) is 15.5. The van der Waals surface area contributed by atoms with Crippen molar-refractivity contribution in [3.8, 4) is 11.4 Å². The molecule has 7 heteroatoms. The van der Waals surface area contributed by atoms with E-state index in [-0.39, 0.29) is 5.75 Å². The Balaban J connectivity index is 1.80. The molecule has 0 unspecified atom stereocenters. The number of hydrogen-bond donors (Lipinski definition) is 1. The molecule has 0 spiro atoms. The quantitative estimate of drug-likeness (QED) is 0.626. The molecule has 0 bridgehead atoms. The third-order valence-electron chi connectivity index (χ3n) is 3.95. The van der Waals surface area contributed by atoms with Crippen molar-refractivity contribution in [2.45, 2.75) is 20.5 Å². The zero-order valence-corrected chi connectivity index (χ0v) is 15.4. The summed E-state index contributed by atoms with van der Waals surface area (Å²) in [5.41, 5.74) is 3.50. The summed E-state index contributed by atoms with van der Waals surface area (Å²) in [5.74, 6) is -0.398. The minimum absolute atomic E-state index is 0.00425. The number of benzene rings is 2. The van der Waals surface area contributed by atoms with E-state index < -0.39 is 12.5 Å². The predicted molar refractivity (Wildman–Crippen MR) is 104 cm³/mol. The van der Waals surface area contributed by atoms with Gasteiger partial charge in [0.1, 0.15) is 5.75 Å². The molecule has 1 N–H and O–H groups in total. The van der Waals surface area contributed by atoms with E-state index in [2.05, 4.69) is 15.2 Å². The first kappa shape index (κ1) is 19.3. The second-order valence-electron chi connectivity index (χ2n) is 6.09. The van der Waals surface area contributed by atoms with Crippen LogP contribution in [0.5, 0.6) is 5.75 Å². The van der Waals surface area contributed by atoms with Crippen molar-refractivity contribution in [1.29, 1.82) is 0 Å². The van der Waals surface area contributed by atoms with Gasteiger partial charge in [0.05, 0.1) is 17.1 Å². The number of carbonyl (C=O) groups excluding carboxylic acids is 1. The van der Waals surface area contributed by atoms with Gasteiger partial charge in [-0.15, -0.1) is 0 Å². The SMILES string of the molecule is Cc1cc(C)n(-c2ccccc2NC(=O)/C=C/c2ccccc2OC(F)F)n1. The van der Waals surface area contributed by atoms with Crippen LogP contribution in [0.15, 0.2) is 60.7 Å². The van der Waals surface area contributed by atoms with E-state index in [4.69, 9.17) is 0 Å². The van der Waals surface area contributed by atoms with Gasteiger partial charge in [-0.2, -0.15) is 13.9 Å². The molecule has 2 aromatic carbocycles.